The summed E-state index contributed by atoms with van der Waals surface area (Å²) >= 11 is 1.74. The second-order valence-corrected chi connectivity index (χ2v) is 6.20. The van der Waals surface area contributed by atoms with Gasteiger partial charge in [0.15, 0.2) is 0 Å². The van der Waals surface area contributed by atoms with Crippen LogP contribution in [0.25, 0.3) is 0 Å². The zero-order valence-corrected chi connectivity index (χ0v) is 11.2. The summed E-state index contributed by atoms with van der Waals surface area (Å²) in [5, 5.41) is 3.07. The number of amides is 1. The van der Waals surface area contributed by atoms with E-state index in [-0.39, 0.29) is 23.9 Å². The van der Waals surface area contributed by atoms with E-state index in [0.29, 0.717) is 0 Å². The van der Waals surface area contributed by atoms with E-state index in [9.17, 15) is 4.79 Å². The van der Waals surface area contributed by atoms with Gasteiger partial charge in [-0.2, -0.15) is 0 Å². The Morgan fingerprint density at radius 1 is 1.53 bits per heavy atom. The van der Waals surface area contributed by atoms with Crippen LogP contribution in [0.1, 0.15) is 42.0 Å². The second kappa shape index (κ2) is 5.19. The molecule has 17 heavy (non-hydrogen) atoms. The van der Waals surface area contributed by atoms with Gasteiger partial charge < -0.3 is 11.1 Å². The molecule has 0 aliphatic heterocycles. The fourth-order valence-electron chi connectivity index (χ4n) is 2.39. The molecule has 1 amide bonds. The average Bonchev–Trinajstić information content (AvgIpc) is 2.86. The molecule has 1 saturated carbocycles. The zero-order chi connectivity index (χ0) is 12.4. The van der Waals surface area contributed by atoms with Gasteiger partial charge in [0.1, 0.15) is 0 Å². The van der Waals surface area contributed by atoms with Crippen molar-refractivity contribution in [3.63, 3.8) is 0 Å². The van der Waals surface area contributed by atoms with Gasteiger partial charge in [0, 0.05) is 15.8 Å². The van der Waals surface area contributed by atoms with Crippen LogP contribution in [0, 0.1) is 12.8 Å². The Morgan fingerprint density at radius 3 is 2.82 bits per heavy atom. The number of nitrogens with two attached hydrogens (primary N) is 1. The van der Waals surface area contributed by atoms with Gasteiger partial charge >= 0.3 is 0 Å². The molecule has 0 spiro atoms. The molecule has 1 aromatic rings. The van der Waals surface area contributed by atoms with E-state index in [1.54, 1.807) is 11.3 Å². The maximum Gasteiger partial charge on any atom is 0.225 e. The van der Waals surface area contributed by atoms with Crippen molar-refractivity contribution in [1.82, 2.24) is 5.32 Å². The molecule has 0 aromatic carbocycles. The topological polar surface area (TPSA) is 55.1 Å². The molecule has 2 rings (SSSR count). The minimum absolute atomic E-state index is 0.0125. The molecule has 3 nitrogen and oxygen atoms in total. The van der Waals surface area contributed by atoms with E-state index in [0.717, 1.165) is 19.3 Å². The number of carbonyl (C=O) groups is 1. The monoisotopic (exact) mass is 252 g/mol. The Hall–Kier alpha value is -0.870. The number of carbonyl (C=O) groups excluding carboxylic acids is 1. The first-order valence-corrected chi connectivity index (χ1v) is 7.02. The van der Waals surface area contributed by atoms with Gasteiger partial charge in [0.2, 0.25) is 5.91 Å². The van der Waals surface area contributed by atoms with Crippen molar-refractivity contribution >= 4 is 17.2 Å². The zero-order valence-electron chi connectivity index (χ0n) is 10.4. The highest BCUT2D eigenvalue weighted by molar-refractivity contribution is 7.12. The average molecular weight is 252 g/mol. The smallest absolute Gasteiger partial charge is 0.225 e. The van der Waals surface area contributed by atoms with Crippen molar-refractivity contribution in [2.75, 3.05) is 0 Å². The summed E-state index contributed by atoms with van der Waals surface area (Å²) in [4.78, 5) is 14.5. The number of nitrogens with one attached hydrogen (secondary N) is 1. The SMILES string of the molecule is Cc1ccc(C(C)NC(=O)C2CCCC2N)s1. The third kappa shape index (κ3) is 2.87. The van der Waals surface area contributed by atoms with Crippen LogP contribution in [0.4, 0.5) is 0 Å². The Labute approximate surface area is 106 Å². The lowest BCUT2D eigenvalue weighted by atomic mass is 10.0. The lowest BCUT2D eigenvalue weighted by Gasteiger charge is -2.18. The van der Waals surface area contributed by atoms with Crippen molar-refractivity contribution < 1.29 is 4.79 Å². The summed E-state index contributed by atoms with van der Waals surface area (Å²) in [6.07, 6.45) is 2.99. The fraction of sp³-hybridized carbons (Fsp3) is 0.615. The summed E-state index contributed by atoms with van der Waals surface area (Å²) in [7, 11) is 0. The molecule has 1 fully saturated rings. The normalized spacial score (nSPS) is 25.8. The van der Waals surface area contributed by atoms with E-state index in [4.69, 9.17) is 5.73 Å². The van der Waals surface area contributed by atoms with Gasteiger partial charge in [-0.1, -0.05) is 6.42 Å². The molecule has 1 aromatic heterocycles. The highest BCUT2D eigenvalue weighted by Crippen LogP contribution is 2.26. The van der Waals surface area contributed by atoms with Gasteiger partial charge in [0.25, 0.3) is 0 Å². The molecule has 94 valence electrons. The van der Waals surface area contributed by atoms with E-state index >= 15 is 0 Å². The molecule has 1 aliphatic rings. The van der Waals surface area contributed by atoms with Crippen LogP contribution in [0.15, 0.2) is 12.1 Å². The predicted octanol–water partition coefficient (Wildman–Crippen LogP) is 2.36. The van der Waals surface area contributed by atoms with Gasteiger partial charge in [-0.15, -0.1) is 11.3 Å². The molecular formula is C13H20N2OS. The maximum atomic E-state index is 12.1. The summed E-state index contributed by atoms with van der Waals surface area (Å²) in [6.45, 7) is 4.11. The highest BCUT2D eigenvalue weighted by Gasteiger charge is 2.30. The van der Waals surface area contributed by atoms with Crippen LogP contribution in [0.5, 0.6) is 0 Å². The molecule has 1 heterocycles. The van der Waals surface area contributed by atoms with Gasteiger partial charge in [-0.05, 0) is 38.8 Å². The van der Waals surface area contributed by atoms with Crippen LogP contribution in [-0.2, 0) is 4.79 Å². The molecule has 1 aliphatic carbocycles. The van der Waals surface area contributed by atoms with E-state index in [1.165, 1.54) is 9.75 Å². The first-order chi connectivity index (χ1) is 8.08. The first kappa shape index (κ1) is 12.6. The third-order valence-corrected chi connectivity index (χ3v) is 4.64. The summed E-state index contributed by atoms with van der Waals surface area (Å²) < 4.78 is 0. The molecule has 0 radical (unpaired) electrons. The van der Waals surface area contributed by atoms with E-state index < -0.39 is 0 Å². The van der Waals surface area contributed by atoms with Crippen molar-refractivity contribution in [1.29, 1.82) is 0 Å². The standard InChI is InChI=1S/C13H20N2OS/c1-8-6-7-12(17-8)9(2)15-13(16)10-4-3-5-11(10)14/h6-7,9-11H,3-5,14H2,1-2H3,(H,15,16). The fourth-order valence-corrected chi connectivity index (χ4v) is 3.27. The van der Waals surface area contributed by atoms with Crippen LogP contribution < -0.4 is 11.1 Å². The maximum absolute atomic E-state index is 12.1. The number of rotatable bonds is 3. The highest BCUT2D eigenvalue weighted by atomic mass is 32.1. The minimum atomic E-state index is 0.0125. The van der Waals surface area contributed by atoms with E-state index in [2.05, 4.69) is 24.4 Å². The Balaban J connectivity index is 1.94. The lowest BCUT2D eigenvalue weighted by molar-refractivity contribution is -0.125. The predicted molar refractivity (Wildman–Crippen MR) is 70.9 cm³/mol. The van der Waals surface area contributed by atoms with Crippen LogP contribution >= 0.6 is 11.3 Å². The number of hydrogen-bond acceptors (Lipinski definition) is 3. The number of aryl methyl sites for hydroxylation is 1. The Morgan fingerprint density at radius 2 is 2.29 bits per heavy atom. The molecular weight excluding hydrogens is 232 g/mol. The molecule has 4 heteroatoms. The third-order valence-electron chi connectivity index (χ3n) is 3.45. The molecule has 0 bridgehead atoms. The molecule has 3 N–H and O–H groups in total. The Bertz CT molecular complexity index is 402. The van der Waals surface area contributed by atoms with Crippen LogP contribution in [-0.4, -0.2) is 11.9 Å². The van der Waals surface area contributed by atoms with Crippen LogP contribution in [0.2, 0.25) is 0 Å². The largest absolute Gasteiger partial charge is 0.348 e. The van der Waals surface area contributed by atoms with Crippen molar-refractivity contribution in [2.24, 2.45) is 11.7 Å². The van der Waals surface area contributed by atoms with Crippen LogP contribution in [0.3, 0.4) is 0 Å². The number of thiophene rings is 1. The quantitative estimate of drug-likeness (QED) is 0.867. The van der Waals surface area contributed by atoms with Gasteiger partial charge in [0.05, 0.1) is 12.0 Å². The van der Waals surface area contributed by atoms with Gasteiger partial charge in [-0.25, -0.2) is 0 Å². The summed E-state index contributed by atoms with van der Waals surface area (Å²) in [6, 6.07) is 4.31. The first-order valence-electron chi connectivity index (χ1n) is 6.20. The minimum Gasteiger partial charge on any atom is -0.348 e. The van der Waals surface area contributed by atoms with Crippen molar-refractivity contribution in [2.45, 2.75) is 45.2 Å². The van der Waals surface area contributed by atoms with E-state index in [1.807, 2.05) is 6.92 Å². The molecule has 3 atom stereocenters. The van der Waals surface area contributed by atoms with Gasteiger partial charge in [-0.3, -0.25) is 4.79 Å². The summed E-state index contributed by atoms with van der Waals surface area (Å²) in [5.41, 5.74) is 5.94. The lowest BCUT2D eigenvalue weighted by Crippen LogP contribution is -2.39. The molecule has 0 saturated heterocycles. The number of hydrogen-bond donors (Lipinski definition) is 2. The van der Waals surface area contributed by atoms with Crippen molar-refractivity contribution in [3.05, 3.63) is 21.9 Å². The molecule has 3 unspecified atom stereocenters. The second-order valence-electron chi connectivity index (χ2n) is 4.88. The van der Waals surface area contributed by atoms with Crippen molar-refractivity contribution in [3.8, 4) is 0 Å². The Kier molecular flexibility index (Phi) is 3.84. The summed E-state index contributed by atoms with van der Waals surface area (Å²) in [5.74, 6) is 0.132.